The van der Waals surface area contributed by atoms with Crippen LogP contribution in [0.3, 0.4) is 0 Å². The van der Waals surface area contributed by atoms with E-state index in [1.165, 1.54) is 0 Å². The highest BCUT2D eigenvalue weighted by Gasteiger charge is 2.08. The number of carbonyl (C=O) groups excluding carboxylic acids is 2. The van der Waals surface area contributed by atoms with Crippen molar-refractivity contribution >= 4 is 45.0 Å². The second kappa shape index (κ2) is 7.96. The lowest BCUT2D eigenvalue weighted by molar-refractivity contribution is -0.123. The van der Waals surface area contributed by atoms with Gasteiger partial charge in [-0.25, -0.2) is 0 Å². The van der Waals surface area contributed by atoms with Gasteiger partial charge in [0.2, 0.25) is 11.8 Å². The summed E-state index contributed by atoms with van der Waals surface area (Å²) in [7, 11) is 0. The number of para-hydroxylation sites is 1. The molecule has 0 spiro atoms. The van der Waals surface area contributed by atoms with E-state index in [1.54, 1.807) is 24.3 Å². The standard InChI is InChI=1S/C16H14BrClN2O2/c17-12-5-3-4-11(8-12)9-15(21)19-10-16(22)20-14-7-2-1-6-13(14)18/h1-8H,9-10H2,(H,19,21)(H,20,22). The highest BCUT2D eigenvalue weighted by Crippen LogP contribution is 2.20. The summed E-state index contributed by atoms with van der Waals surface area (Å²) in [6, 6.07) is 14.4. The molecule has 0 aromatic heterocycles. The molecular weight excluding hydrogens is 368 g/mol. The highest BCUT2D eigenvalue weighted by atomic mass is 79.9. The predicted octanol–water partition coefficient (Wildman–Crippen LogP) is 3.40. The number of anilines is 1. The lowest BCUT2D eigenvalue weighted by Gasteiger charge is -2.08. The number of halogens is 2. The average molecular weight is 382 g/mol. The molecule has 0 saturated carbocycles. The van der Waals surface area contributed by atoms with Crippen molar-refractivity contribution in [3.05, 3.63) is 63.6 Å². The molecule has 0 aliphatic rings. The fourth-order valence-corrected chi connectivity index (χ4v) is 2.46. The maximum absolute atomic E-state index is 11.8. The fraction of sp³-hybridized carbons (Fsp3) is 0.125. The van der Waals surface area contributed by atoms with E-state index in [0.29, 0.717) is 10.7 Å². The number of benzene rings is 2. The van der Waals surface area contributed by atoms with Gasteiger partial charge < -0.3 is 10.6 Å². The minimum Gasteiger partial charge on any atom is -0.347 e. The lowest BCUT2D eigenvalue weighted by atomic mass is 10.1. The Labute approximate surface area is 142 Å². The summed E-state index contributed by atoms with van der Waals surface area (Å²) < 4.78 is 0.911. The molecule has 2 amide bonds. The molecule has 0 fully saturated rings. The summed E-state index contributed by atoms with van der Waals surface area (Å²) in [5.41, 5.74) is 1.40. The molecular formula is C16H14BrClN2O2. The van der Waals surface area contributed by atoms with Crippen LogP contribution in [-0.4, -0.2) is 18.4 Å². The van der Waals surface area contributed by atoms with Crippen molar-refractivity contribution in [2.75, 3.05) is 11.9 Å². The normalized spacial score (nSPS) is 10.1. The Bertz CT molecular complexity index is 691. The van der Waals surface area contributed by atoms with Crippen molar-refractivity contribution in [1.82, 2.24) is 5.32 Å². The summed E-state index contributed by atoms with van der Waals surface area (Å²) in [6.45, 7) is -0.0991. The Morgan fingerprint density at radius 2 is 1.82 bits per heavy atom. The van der Waals surface area contributed by atoms with Crippen LogP contribution >= 0.6 is 27.5 Å². The summed E-state index contributed by atoms with van der Waals surface area (Å²) >= 11 is 9.30. The number of rotatable bonds is 5. The van der Waals surface area contributed by atoms with Crippen LogP contribution in [0.15, 0.2) is 53.0 Å². The second-order valence-corrected chi connectivity index (χ2v) is 5.93. The number of carbonyl (C=O) groups is 2. The van der Waals surface area contributed by atoms with E-state index < -0.39 is 0 Å². The van der Waals surface area contributed by atoms with Gasteiger partial charge >= 0.3 is 0 Å². The number of hydrogen-bond acceptors (Lipinski definition) is 2. The van der Waals surface area contributed by atoms with Gasteiger partial charge in [0.1, 0.15) is 0 Å². The quantitative estimate of drug-likeness (QED) is 0.834. The van der Waals surface area contributed by atoms with Gasteiger partial charge in [-0.05, 0) is 29.8 Å². The van der Waals surface area contributed by atoms with Crippen LogP contribution in [0.25, 0.3) is 0 Å². The first-order valence-electron chi connectivity index (χ1n) is 6.60. The fourth-order valence-electron chi connectivity index (χ4n) is 1.83. The van der Waals surface area contributed by atoms with Gasteiger partial charge in [0.05, 0.1) is 23.7 Å². The van der Waals surface area contributed by atoms with E-state index in [9.17, 15) is 9.59 Å². The zero-order valence-corrected chi connectivity index (χ0v) is 13.9. The van der Waals surface area contributed by atoms with Crippen molar-refractivity contribution < 1.29 is 9.59 Å². The van der Waals surface area contributed by atoms with Gasteiger partial charge in [-0.15, -0.1) is 0 Å². The maximum Gasteiger partial charge on any atom is 0.243 e. The average Bonchev–Trinajstić information content (AvgIpc) is 2.48. The Hall–Kier alpha value is -1.85. The zero-order valence-electron chi connectivity index (χ0n) is 11.6. The van der Waals surface area contributed by atoms with Gasteiger partial charge in [-0.1, -0.05) is 51.8 Å². The summed E-state index contributed by atoms with van der Waals surface area (Å²) in [5, 5.41) is 5.68. The minimum absolute atomic E-state index is 0.0991. The van der Waals surface area contributed by atoms with Crippen molar-refractivity contribution in [2.45, 2.75) is 6.42 Å². The van der Waals surface area contributed by atoms with Crippen LogP contribution < -0.4 is 10.6 Å². The minimum atomic E-state index is -0.323. The molecule has 2 aromatic rings. The molecule has 22 heavy (non-hydrogen) atoms. The van der Waals surface area contributed by atoms with E-state index in [-0.39, 0.29) is 24.8 Å². The Morgan fingerprint density at radius 3 is 2.55 bits per heavy atom. The number of hydrogen-bond donors (Lipinski definition) is 2. The van der Waals surface area contributed by atoms with Gasteiger partial charge in [0.25, 0.3) is 0 Å². The SMILES string of the molecule is O=C(Cc1cccc(Br)c1)NCC(=O)Nc1ccccc1Cl. The molecule has 2 aromatic carbocycles. The molecule has 0 unspecified atom stereocenters. The zero-order chi connectivity index (χ0) is 15.9. The molecule has 0 atom stereocenters. The summed E-state index contributed by atoms with van der Waals surface area (Å²) in [5.74, 6) is -0.539. The second-order valence-electron chi connectivity index (χ2n) is 4.61. The molecule has 0 aliphatic carbocycles. The van der Waals surface area contributed by atoms with E-state index in [2.05, 4.69) is 26.6 Å². The van der Waals surface area contributed by atoms with Crippen LogP contribution in [-0.2, 0) is 16.0 Å². The predicted molar refractivity (Wildman–Crippen MR) is 90.9 cm³/mol. The molecule has 6 heteroatoms. The van der Waals surface area contributed by atoms with Gasteiger partial charge in [0, 0.05) is 4.47 Å². The van der Waals surface area contributed by atoms with E-state index in [1.807, 2.05) is 24.3 Å². The van der Waals surface area contributed by atoms with Gasteiger partial charge in [0.15, 0.2) is 0 Å². The molecule has 0 bridgehead atoms. The van der Waals surface area contributed by atoms with E-state index in [0.717, 1.165) is 10.0 Å². The molecule has 0 heterocycles. The van der Waals surface area contributed by atoms with Crippen molar-refractivity contribution in [2.24, 2.45) is 0 Å². The number of amides is 2. The third-order valence-electron chi connectivity index (χ3n) is 2.85. The van der Waals surface area contributed by atoms with E-state index in [4.69, 9.17) is 11.6 Å². The molecule has 0 saturated heterocycles. The Morgan fingerprint density at radius 1 is 1.05 bits per heavy atom. The Kier molecular flexibility index (Phi) is 5.98. The molecule has 114 valence electrons. The first-order chi connectivity index (χ1) is 10.5. The van der Waals surface area contributed by atoms with Crippen molar-refractivity contribution in [1.29, 1.82) is 0 Å². The van der Waals surface area contributed by atoms with E-state index >= 15 is 0 Å². The first-order valence-corrected chi connectivity index (χ1v) is 7.77. The molecule has 4 nitrogen and oxygen atoms in total. The van der Waals surface area contributed by atoms with Crippen molar-refractivity contribution in [3.63, 3.8) is 0 Å². The summed E-state index contributed by atoms with van der Waals surface area (Å²) in [4.78, 5) is 23.6. The van der Waals surface area contributed by atoms with Gasteiger partial charge in [-0.3, -0.25) is 9.59 Å². The topological polar surface area (TPSA) is 58.2 Å². The third-order valence-corrected chi connectivity index (χ3v) is 3.67. The van der Waals surface area contributed by atoms with Crippen molar-refractivity contribution in [3.8, 4) is 0 Å². The molecule has 0 aliphatic heterocycles. The lowest BCUT2D eigenvalue weighted by Crippen LogP contribution is -2.33. The largest absolute Gasteiger partial charge is 0.347 e. The van der Waals surface area contributed by atoms with Crippen LogP contribution in [0.2, 0.25) is 5.02 Å². The first kappa shape index (κ1) is 16.5. The van der Waals surface area contributed by atoms with Crippen LogP contribution in [0, 0.1) is 0 Å². The maximum atomic E-state index is 11.8. The monoisotopic (exact) mass is 380 g/mol. The van der Waals surface area contributed by atoms with Crippen LogP contribution in [0.5, 0.6) is 0 Å². The summed E-state index contributed by atoms with van der Waals surface area (Å²) in [6.07, 6.45) is 0.221. The number of nitrogens with one attached hydrogen (secondary N) is 2. The molecule has 2 rings (SSSR count). The molecule has 0 radical (unpaired) electrons. The van der Waals surface area contributed by atoms with Gasteiger partial charge in [-0.2, -0.15) is 0 Å². The van der Waals surface area contributed by atoms with Crippen LogP contribution in [0.4, 0.5) is 5.69 Å². The van der Waals surface area contributed by atoms with Crippen LogP contribution in [0.1, 0.15) is 5.56 Å². The smallest absolute Gasteiger partial charge is 0.243 e. The molecule has 2 N–H and O–H groups in total. The highest BCUT2D eigenvalue weighted by molar-refractivity contribution is 9.10. The third kappa shape index (κ3) is 5.16. The Balaban J connectivity index is 1.81.